The van der Waals surface area contributed by atoms with Crippen LogP contribution in [0.3, 0.4) is 0 Å². The molecule has 1 heterocycles. The number of nitrogens with one attached hydrogen (secondary N) is 2. The SMILES string of the molecule is CNCNCc1ccc2c(c1)nc(C)n2C. The molecule has 0 fully saturated rings. The molecule has 0 atom stereocenters. The fraction of sp³-hybridized carbons (Fsp3) is 0.417. The highest BCUT2D eigenvalue weighted by Gasteiger charge is 2.04. The minimum absolute atomic E-state index is 0.819. The monoisotopic (exact) mass is 218 g/mol. The van der Waals surface area contributed by atoms with E-state index in [1.807, 2.05) is 21.0 Å². The number of benzene rings is 1. The van der Waals surface area contributed by atoms with Gasteiger partial charge in [-0.05, 0) is 31.7 Å². The summed E-state index contributed by atoms with van der Waals surface area (Å²) in [5.74, 6) is 1.05. The summed E-state index contributed by atoms with van der Waals surface area (Å²) in [6.45, 7) is 3.71. The molecule has 2 aromatic rings. The fourth-order valence-electron chi connectivity index (χ4n) is 1.81. The topological polar surface area (TPSA) is 41.9 Å². The maximum absolute atomic E-state index is 4.52. The first-order valence-electron chi connectivity index (χ1n) is 5.49. The molecule has 0 aliphatic rings. The van der Waals surface area contributed by atoms with Gasteiger partial charge < -0.3 is 15.2 Å². The van der Waals surface area contributed by atoms with Crippen molar-refractivity contribution in [3.63, 3.8) is 0 Å². The van der Waals surface area contributed by atoms with E-state index in [-0.39, 0.29) is 0 Å². The molecule has 0 spiro atoms. The fourth-order valence-corrected chi connectivity index (χ4v) is 1.81. The summed E-state index contributed by atoms with van der Waals surface area (Å²) in [5, 5.41) is 6.35. The number of nitrogens with zero attached hydrogens (tertiary/aromatic N) is 2. The number of imidazole rings is 1. The van der Waals surface area contributed by atoms with Gasteiger partial charge in [-0.15, -0.1) is 0 Å². The molecule has 0 saturated carbocycles. The smallest absolute Gasteiger partial charge is 0.106 e. The molecule has 0 unspecified atom stereocenters. The van der Waals surface area contributed by atoms with E-state index in [1.165, 1.54) is 11.1 Å². The molecule has 1 aromatic carbocycles. The van der Waals surface area contributed by atoms with Crippen LogP contribution >= 0.6 is 0 Å². The second kappa shape index (κ2) is 4.63. The number of hydrogen-bond donors (Lipinski definition) is 2. The van der Waals surface area contributed by atoms with Gasteiger partial charge >= 0.3 is 0 Å². The first-order chi connectivity index (χ1) is 7.72. The van der Waals surface area contributed by atoms with Crippen LogP contribution in [0.2, 0.25) is 0 Å². The lowest BCUT2D eigenvalue weighted by atomic mass is 10.2. The van der Waals surface area contributed by atoms with Crippen LogP contribution in [0.1, 0.15) is 11.4 Å². The van der Waals surface area contributed by atoms with Crippen molar-refractivity contribution in [3.05, 3.63) is 29.6 Å². The highest BCUT2D eigenvalue weighted by molar-refractivity contribution is 5.76. The molecule has 2 rings (SSSR count). The van der Waals surface area contributed by atoms with Crippen molar-refractivity contribution < 1.29 is 0 Å². The van der Waals surface area contributed by atoms with Crippen LogP contribution in [0.4, 0.5) is 0 Å². The molecule has 4 nitrogen and oxygen atoms in total. The molecule has 0 bridgehead atoms. The highest BCUT2D eigenvalue weighted by atomic mass is 15.1. The lowest BCUT2D eigenvalue weighted by Gasteiger charge is -2.04. The second-order valence-electron chi connectivity index (χ2n) is 4.00. The molecule has 0 radical (unpaired) electrons. The minimum atomic E-state index is 0.819. The molecule has 0 amide bonds. The van der Waals surface area contributed by atoms with Gasteiger partial charge in [0.1, 0.15) is 5.82 Å². The molecule has 16 heavy (non-hydrogen) atoms. The number of rotatable bonds is 4. The standard InChI is InChI=1S/C12H18N4/c1-9-15-11-6-10(7-14-8-13-2)4-5-12(11)16(9)3/h4-6,13-14H,7-8H2,1-3H3. The van der Waals surface area contributed by atoms with E-state index in [1.54, 1.807) is 0 Å². The molecule has 2 N–H and O–H groups in total. The summed E-state index contributed by atoms with van der Waals surface area (Å²) in [7, 11) is 3.97. The number of hydrogen-bond acceptors (Lipinski definition) is 3. The zero-order valence-electron chi connectivity index (χ0n) is 10.0. The van der Waals surface area contributed by atoms with Gasteiger partial charge in [0.2, 0.25) is 0 Å². The number of aromatic nitrogens is 2. The number of fused-ring (bicyclic) bond motifs is 1. The van der Waals surface area contributed by atoms with Gasteiger partial charge in [-0.3, -0.25) is 0 Å². The maximum Gasteiger partial charge on any atom is 0.106 e. The van der Waals surface area contributed by atoms with E-state index in [2.05, 4.69) is 38.4 Å². The first kappa shape index (κ1) is 11.1. The van der Waals surface area contributed by atoms with Gasteiger partial charge in [-0.25, -0.2) is 4.98 Å². The average Bonchev–Trinajstić information content (AvgIpc) is 2.55. The molecule has 0 aliphatic heterocycles. The summed E-state index contributed by atoms with van der Waals surface area (Å²) in [4.78, 5) is 4.52. The van der Waals surface area contributed by atoms with Crippen molar-refractivity contribution in [3.8, 4) is 0 Å². The van der Waals surface area contributed by atoms with E-state index >= 15 is 0 Å². The van der Waals surface area contributed by atoms with E-state index in [0.29, 0.717) is 0 Å². The summed E-state index contributed by atoms with van der Waals surface area (Å²) in [6.07, 6.45) is 0. The van der Waals surface area contributed by atoms with Crippen LogP contribution < -0.4 is 10.6 Å². The van der Waals surface area contributed by atoms with Gasteiger partial charge in [0.15, 0.2) is 0 Å². The predicted octanol–water partition coefficient (Wildman–Crippen LogP) is 1.15. The molecular weight excluding hydrogens is 200 g/mol. The zero-order valence-corrected chi connectivity index (χ0v) is 10.0. The Morgan fingerprint density at radius 3 is 2.94 bits per heavy atom. The van der Waals surface area contributed by atoms with E-state index < -0.39 is 0 Å². The van der Waals surface area contributed by atoms with Gasteiger partial charge in [-0.1, -0.05) is 6.07 Å². The Balaban J connectivity index is 2.23. The summed E-state index contributed by atoms with van der Waals surface area (Å²) >= 11 is 0. The Kier molecular flexibility index (Phi) is 3.22. The van der Waals surface area contributed by atoms with Crippen LogP contribution in [0.5, 0.6) is 0 Å². The molecule has 0 aliphatic carbocycles. The van der Waals surface area contributed by atoms with Crippen molar-refractivity contribution >= 4 is 11.0 Å². The maximum atomic E-state index is 4.52. The van der Waals surface area contributed by atoms with E-state index in [9.17, 15) is 0 Å². The van der Waals surface area contributed by atoms with Crippen LogP contribution in [-0.2, 0) is 13.6 Å². The largest absolute Gasteiger partial charge is 0.331 e. The number of aryl methyl sites for hydroxylation is 2. The molecular formula is C12H18N4. The van der Waals surface area contributed by atoms with Crippen LogP contribution in [0.25, 0.3) is 11.0 Å². The Labute approximate surface area is 95.7 Å². The van der Waals surface area contributed by atoms with E-state index in [4.69, 9.17) is 0 Å². The second-order valence-corrected chi connectivity index (χ2v) is 4.00. The Hall–Kier alpha value is -1.39. The lowest BCUT2D eigenvalue weighted by Crippen LogP contribution is -2.25. The van der Waals surface area contributed by atoms with Crippen molar-refractivity contribution in [2.24, 2.45) is 7.05 Å². The molecule has 1 aromatic heterocycles. The van der Waals surface area contributed by atoms with Gasteiger partial charge in [0.05, 0.1) is 11.0 Å². The third kappa shape index (κ3) is 2.08. The van der Waals surface area contributed by atoms with Crippen LogP contribution in [-0.4, -0.2) is 23.3 Å². The third-order valence-corrected chi connectivity index (χ3v) is 2.80. The Morgan fingerprint density at radius 2 is 2.19 bits per heavy atom. The lowest BCUT2D eigenvalue weighted by molar-refractivity contribution is 0.632. The predicted molar refractivity (Wildman–Crippen MR) is 66.2 cm³/mol. The summed E-state index contributed by atoms with van der Waals surface area (Å²) in [5.41, 5.74) is 3.53. The Morgan fingerprint density at radius 1 is 1.38 bits per heavy atom. The van der Waals surface area contributed by atoms with E-state index in [0.717, 1.165) is 24.6 Å². The van der Waals surface area contributed by atoms with Crippen molar-refractivity contribution in [1.82, 2.24) is 20.2 Å². The average molecular weight is 218 g/mol. The zero-order chi connectivity index (χ0) is 11.5. The van der Waals surface area contributed by atoms with Crippen molar-refractivity contribution in [2.45, 2.75) is 13.5 Å². The first-order valence-corrected chi connectivity index (χ1v) is 5.49. The highest BCUT2D eigenvalue weighted by Crippen LogP contribution is 2.16. The molecule has 4 heteroatoms. The molecule has 0 saturated heterocycles. The van der Waals surface area contributed by atoms with Gasteiger partial charge in [0, 0.05) is 20.3 Å². The quantitative estimate of drug-likeness (QED) is 0.597. The molecule has 86 valence electrons. The normalized spacial score (nSPS) is 11.2. The Bertz CT molecular complexity index is 487. The summed E-state index contributed by atoms with van der Waals surface area (Å²) in [6, 6.07) is 6.42. The van der Waals surface area contributed by atoms with Crippen molar-refractivity contribution in [1.29, 1.82) is 0 Å². The minimum Gasteiger partial charge on any atom is -0.331 e. The van der Waals surface area contributed by atoms with Crippen LogP contribution in [0, 0.1) is 6.92 Å². The van der Waals surface area contributed by atoms with Crippen LogP contribution in [0.15, 0.2) is 18.2 Å². The summed E-state index contributed by atoms with van der Waals surface area (Å²) < 4.78 is 2.11. The van der Waals surface area contributed by atoms with Gasteiger partial charge in [0.25, 0.3) is 0 Å². The van der Waals surface area contributed by atoms with Gasteiger partial charge in [-0.2, -0.15) is 0 Å². The third-order valence-electron chi connectivity index (χ3n) is 2.80. The van der Waals surface area contributed by atoms with Crippen molar-refractivity contribution in [2.75, 3.05) is 13.7 Å².